The van der Waals surface area contributed by atoms with Gasteiger partial charge in [-0.25, -0.2) is 0 Å². The van der Waals surface area contributed by atoms with Gasteiger partial charge in [0.2, 0.25) is 0 Å². The van der Waals surface area contributed by atoms with Crippen LogP contribution in [0.15, 0.2) is 0 Å². The molecule has 2 atom stereocenters. The van der Waals surface area contributed by atoms with E-state index in [1.54, 1.807) is 7.11 Å². The molecule has 3 radical (unpaired) electrons. The van der Waals surface area contributed by atoms with Crippen molar-refractivity contribution in [2.75, 3.05) is 27.1 Å². The molecule has 0 amide bonds. The molecule has 1 aliphatic carbocycles. The van der Waals surface area contributed by atoms with Gasteiger partial charge >= 0.3 is 18.6 Å². The third-order valence-electron chi connectivity index (χ3n) is 1.98. The van der Waals surface area contributed by atoms with Gasteiger partial charge in [0, 0.05) is 20.8 Å². The van der Waals surface area contributed by atoms with Crippen molar-refractivity contribution in [3.8, 4) is 0 Å². The molecule has 0 saturated heterocycles. The molecule has 1 aliphatic rings. The van der Waals surface area contributed by atoms with Crippen molar-refractivity contribution in [2.24, 2.45) is 5.92 Å². The van der Waals surface area contributed by atoms with E-state index in [1.807, 2.05) is 6.26 Å². The largest absolute Gasteiger partial charge is 2.00 e. The van der Waals surface area contributed by atoms with Gasteiger partial charge in [0.05, 0.1) is 7.85 Å². The van der Waals surface area contributed by atoms with Gasteiger partial charge in [0.25, 0.3) is 0 Å². The van der Waals surface area contributed by atoms with Gasteiger partial charge in [0.15, 0.2) is 0 Å². The minimum atomic E-state index is 0. The summed E-state index contributed by atoms with van der Waals surface area (Å²) >= 11 is 1.50. The van der Waals surface area contributed by atoms with Crippen LogP contribution in [0.2, 0.25) is 5.82 Å². The number of thioether (sulfide) groups is 1. The minimum absolute atomic E-state index is 0. The van der Waals surface area contributed by atoms with Crippen LogP contribution in [0, 0.1) is 19.6 Å². The van der Waals surface area contributed by atoms with Crippen LogP contribution in [0.4, 0.5) is 0 Å². The predicted molar refractivity (Wildman–Crippen MR) is 72.1 cm³/mol. The molecule has 0 heterocycles. The van der Waals surface area contributed by atoms with Crippen LogP contribution in [0.25, 0.3) is 0 Å². The number of ether oxygens (including phenoxy) is 1. The Morgan fingerprint density at radius 2 is 1.88 bits per heavy atom. The number of aliphatic hydroxyl groups is 1. The van der Waals surface area contributed by atoms with Gasteiger partial charge in [-0.3, -0.25) is 6.26 Å². The summed E-state index contributed by atoms with van der Waals surface area (Å²) in [6, 6.07) is 0. The first kappa shape index (κ1) is 25.7. The molecule has 2 nitrogen and oxygen atoms in total. The Bertz CT molecular complexity index is 108. The summed E-state index contributed by atoms with van der Waals surface area (Å²) in [5.41, 5.74) is 0. The molecule has 1 fully saturated rings. The first-order valence-electron chi connectivity index (χ1n) is 4.72. The van der Waals surface area contributed by atoms with Gasteiger partial charge in [-0.15, -0.1) is 0 Å². The quantitative estimate of drug-likeness (QED) is 0.624. The predicted octanol–water partition coefficient (Wildman–Crippen LogP) is 2.59. The van der Waals surface area contributed by atoms with E-state index in [1.165, 1.54) is 24.6 Å². The van der Waals surface area contributed by atoms with Crippen LogP contribution in [-0.2, 0) is 23.3 Å². The monoisotopic (exact) mass is 283 g/mol. The molecule has 95 valence electrons. The number of rotatable bonds is 2. The molecular weight excluding hydrogens is 258 g/mol. The molecular formula is C11H25BO2SV. The van der Waals surface area contributed by atoms with E-state index < -0.39 is 0 Å². The van der Waals surface area contributed by atoms with Crippen molar-refractivity contribution in [2.45, 2.75) is 25.1 Å². The second-order valence-corrected chi connectivity index (χ2v) is 3.76. The van der Waals surface area contributed by atoms with Crippen LogP contribution in [0.5, 0.6) is 0 Å². The molecule has 16 heavy (non-hydrogen) atoms. The summed E-state index contributed by atoms with van der Waals surface area (Å²) in [6.07, 6.45) is 8.94. The standard InChI is InChI=1S/C7H13BO.C2H5S.CH4O.CH3.V/c1-9-5-6-2-3-7(8)4-6;1-3-2;1-2;;/h6-7H,2-5H2,1H3;1H2,2H3;2H,1H3;1H3;/q;-1;;-1;+2. The summed E-state index contributed by atoms with van der Waals surface area (Å²) in [7, 11) is 8.45. The smallest absolute Gasteiger partial charge is 0.400 e. The maximum Gasteiger partial charge on any atom is 2.00 e. The molecule has 0 spiro atoms. The molecule has 2 unspecified atom stereocenters. The Hall–Kier alpha value is 0.919. The zero-order chi connectivity index (χ0) is 11.4. The van der Waals surface area contributed by atoms with Crippen molar-refractivity contribution in [1.29, 1.82) is 0 Å². The van der Waals surface area contributed by atoms with Crippen molar-refractivity contribution in [3.05, 3.63) is 13.7 Å². The normalized spacial score (nSPS) is 21.3. The van der Waals surface area contributed by atoms with Gasteiger partial charge in [-0.05, 0) is 18.6 Å². The second kappa shape index (κ2) is 21.2. The summed E-state index contributed by atoms with van der Waals surface area (Å²) in [6.45, 7) is 0.897. The molecule has 0 aromatic carbocycles. The maximum atomic E-state index is 7.00. The topological polar surface area (TPSA) is 29.5 Å². The average Bonchev–Trinajstić information content (AvgIpc) is 2.57. The number of hydrogen-bond acceptors (Lipinski definition) is 3. The molecule has 0 aromatic rings. The molecule has 0 bridgehead atoms. The zero-order valence-electron chi connectivity index (χ0n) is 11.0. The van der Waals surface area contributed by atoms with Crippen LogP contribution in [0.3, 0.4) is 0 Å². The van der Waals surface area contributed by atoms with E-state index in [9.17, 15) is 0 Å². The Morgan fingerprint density at radius 1 is 1.44 bits per heavy atom. The Kier molecular flexibility index (Phi) is 34.1. The number of methoxy groups -OCH3 is 1. The minimum Gasteiger partial charge on any atom is -0.400 e. The van der Waals surface area contributed by atoms with Crippen molar-refractivity contribution >= 4 is 19.6 Å². The first-order chi connectivity index (χ1) is 6.74. The third-order valence-corrected chi connectivity index (χ3v) is 1.98. The van der Waals surface area contributed by atoms with Gasteiger partial charge < -0.3 is 29.0 Å². The average molecular weight is 283 g/mol. The van der Waals surface area contributed by atoms with Crippen molar-refractivity contribution in [1.82, 2.24) is 0 Å². The molecule has 5 heteroatoms. The Labute approximate surface area is 120 Å². The van der Waals surface area contributed by atoms with E-state index in [4.69, 9.17) is 17.7 Å². The van der Waals surface area contributed by atoms with Crippen molar-refractivity contribution < 1.29 is 28.4 Å². The van der Waals surface area contributed by atoms with Gasteiger partial charge in [-0.2, -0.15) is 0 Å². The van der Waals surface area contributed by atoms with Crippen LogP contribution >= 0.6 is 11.8 Å². The third kappa shape index (κ3) is 17.3. The number of hydrogen-bond donors (Lipinski definition) is 1. The van der Waals surface area contributed by atoms with Crippen molar-refractivity contribution in [3.63, 3.8) is 0 Å². The van der Waals surface area contributed by atoms with Gasteiger partial charge in [0.1, 0.15) is 0 Å². The molecule has 0 aliphatic heterocycles. The SMILES string of the molecule is CO.[B]C1CCC(COC)C1.[CH2-]SC.[CH3-].[V+2]. The van der Waals surface area contributed by atoms with E-state index in [0.717, 1.165) is 26.1 Å². The van der Waals surface area contributed by atoms with Crippen LogP contribution in [-0.4, -0.2) is 40.0 Å². The fourth-order valence-electron chi connectivity index (χ4n) is 1.50. The summed E-state index contributed by atoms with van der Waals surface area (Å²) < 4.78 is 5.02. The van der Waals surface area contributed by atoms with Gasteiger partial charge in [-0.1, -0.05) is 18.7 Å². The van der Waals surface area contributed by atoms with E-state index in [-0.39, 0.29) is 26.0 Å². The Morgan fingerprint density at radius 3 is 2.12 bits per heavy atom. The second-order valence-electron chi connectivity index (χ2n) is 3.18. The fraction of sp³-hybridized carbons (Fsp3) is 0.818. The van der Waals surface area contributed by atoms with E-state index in [0.29, 0.717) is 5.82 Å². The molecule has 0 aromatic heterocycles. The van der Waals surface area contributed by atoms with Crippen LogP contribution in [0.1, 0.15) is 19.3 Å². The molecule has 1 N–H and O–H groups in total. The summed E-state index contributed by atoms with van der Waals surface area (Å²) in [5.74, 6) is 1.19. The summed E-state index contributed by atoms with van der Waals surface area (Å²) in [4.78, 5) is 0. The molecule has 1 saturated carbocycles. The van der Waals surface area contributed by atoms with E-state index >= 15 is 0 Å². The zero-order valence-corrected chi connectivity index (χ0v) is 13.2. The van der Waals surface area contributed by atoms with E-state index in [2.05, 4.69) is 6.26 Å². The van der Waals surface area contributed by atoms with Crippen LogP contribution < -0.4 is 0 Å². The summed E-state index contributed by atoms with van der Waals surface area (Å²) in [5, 5.41) is 7.00. The molecule has 1 rings (SSSR count). The maximum absolute atomic E-state index is 7.00. The number of aliphatic hydroxyl groups excluding tert-OH is 1. The Balaban J connectivity index is -0.0000000907. The first-order valence-corrected chi connectivity index (χ1v) is 6.11. The fourth-order valence-corrected chi connectivity index (χ4v) is 1.50.